The third-order valence-electron chi connectivity index (χ3n) is 4.40. The normalized spacial score (nSPS) is 16.6. The molecule has 5 nitrogen and oxygen atoms in total. The number of nitrogens with one attached hydrogen (secondary N) is 1. The van der Waals surface area contributed by atoms with Gasteiger partial charge in [0.05, 0.1) is 27.4 Å². The smallest absolute Gasteiger partial charge is 0.203 e. The number of nitrogens with zero attached hydrogens (tertiary/aromatic N) is 1. The van der Waals surface area contributed by atoms with E-state index in [1.165, 1.54) is 5.56 Å². The zero-order valence-electron chi connectivity index (χ0n) is 14.4. The molecule has 1 aromatic carbocycles. The number of methoxy groups -OCH3 is 3. The molecular weight excluding hydrogens is 324 g/mol. The highest BCUT2D eigenvalue weighted by atomic mass is 32.1. The molecule has 1 atom stereocenters. The molecule has 24 heavy (non-hydrogen) atoms. The van der Waals surface area contributed by atoms with Crippen molar-refractivity contribution in [1.82, 2.24) is 10.2 Å². The molecule has 1 aliphatic heterocycles. The molecule has 2 heterocycles. The standard InChI is InChI=1S/C18H24N2O3S/c1-21-15-5-4-14(17(22-2)18(15)23-3)16(13-6-11-24-12-13)20-9-7-19-8-10-20/h4-6,11-12,16,19H,7-10H2,1-3H3. The van der Waals surface area contributed by atoms with Gasteiger partial charge in [0.15, 0.2) is 11.5 Å². The summed E-state index contributed by atoms with van der Waals surface area (Å²) in [5.74, 6) is 2.07. The van der Waals surface area contributed by atoms with E-state index in [4.69, 9.17) is 14.2 Å². The average Bonchev–Trinajstić information content (AvgIpc) is 3.16. The molecule has 3 rings (SSSR count). The summed E-state index contributed by atoms with van der Waals surface area (Å²) < 4.78 is 16.7. The first-order valence-electron chi connectivity index (χ1n) is 8.06. The van der Waals surface area contributed by atoms with Crippen LogP contribution in [0.15, 0.2) is 29.0 Å². The van der Waals surface area contributed by atoms with Crippen LogP contribution >= 0.6 is 11.3 Å². The Hall–Kier alpha value is -1.76. The zero-order chi connectivity index (χ0) is 16.9. The van der Waals surface area contributed by atoms with Gasteiger partial charge in [-0.2, -0.15) is 11.3 Å². The van der Waals surface area contributed by atoms with Crippen molar-refractivity contribution in [2.75, 3.05) is 47.5 Å². The summed E-state index contributed by atoms with van der Waals surface area (Å²) in [7, 11) is 4.97. The number of hydrogen-bond donors (Lipinski definition) is 1. The minimum atomic E-state index is 0.146. The summed E-state index contributed by atoms with van der Waals surface area (Å²) in [6.07, 6.45) is 0. The molecule has 0 spiro atoms. The van der Waals surface area contributed by atoms with Gasteiger partial charge < -0.3 is 19.5 Å². The van der Waals surface area contributed by atoms with Crippen molar-refractivity contribution in [3.8, 4) is 17.2 Å². The fraction of sp³-hybridized carbons (Fsp3) is 0.444. The topological polar surface area (TPSA) is 43.0 Å². The van der Waals surface area contributed by atoms with E-state index >= 15 is 0 Å². The highest BCUT2D eigenvalue weighted by molar-refractivity contribution is 7.08. The number of rotatable bonds is 6. The first kappa shape index (κ1) is 17.1. The van der Waals surface area contributed by atoms with Crippen LogP contribution in [-0.4, -0.2) is 52.4 Å². The van der Waals surface area contributed by atoms with Crippen molar-refractivity contribution < 1.29 is 14.2 Å². The SMILES string of the molecule is COc1ccc(C(c2ccsc2)N2CCNCC2)c(OC)c1OC. The molecule has 1 aromatic heterocycles. The summed E-state index contributed by atoms with van der Waals surface area (Å²) in [5.41, 5.74) is 2.39. The second kappa shape index (κ2) is 7.88. The number of piperazine rings is 1. The van der Waals surface area contributed by atoms with Gasteiger partial charge in [0.25, 0.3) is 0 Å². The van der Waals surface area contributed by atoms with Crippen molar-refractivity contribution in [2.45, 2.75) is 6.04 Å². The third-order valence-corrected chi connectivity index (χ3v) is 5.11. The molecule has 2 aromatic rings. The van der Waals surface area contributed by atoms with Gasteiger partial charge in [-0.05, 0) is 34.5 Å². The van der Waals surface area contributed by atoms with Crippen LogP contribution in [0.4, 0.5) is 0 Å². The van der Waals surface area contributed by atoms with Crippen molar-refractivity contribution >= 4 is 11.3 Å². The Balaban J connectivity index is 2.10. The molecular formula is C18H24N2O3S. The second-order valence-electron chi connectivity index (χ2n) is 5.67. The van der Waals surface area contributed by atoms with Crippen LogP contribution in [0.5, 0.6) is 17.2 Å². The number of thiophene rings is 1. The van der Waals surface area contributed by atoms with E-state index in [0.29, 0.717) is 11.5 Å². The number of benzene rings is 1. The summed E-state index contributed by atoms with van der Waals surface area (Å²) in [4.78, 5) is 2.49. The Bertz CT molecular complexity index is 655. The fourth-order valence-corrected chi connectivity index (χ4v) is 3.98. The maximum atomic E-state index is 5.74. The molecule has 130 valence electrons. The van der Waals surface area contributed by atoms with E-state index in [-0.39, 0.29) is 6.04 Å². The lowest BCUT2D eigenvalue weighted by Crippen LogP contribution is -2.45. The highest BCUT2D eigenvalue weighted by Crippen LogP contribution is 2.45. The lowest BCUT2D eigenvalue weighted by molar-refractivity contribution is 0.194. The third kappa shape index (κ3) is 3.22. The van der Waals surface area contributed by atoms with Gasteiger partial charge in [0.1, 0.15) is 0 Å². The molecule has 1 unspecified atom stereocenters. The Morgan fingerprint density at radius 1 is 1.00 bits per heavy atom. The van der Waals surface area contributed by atoms with E-state index in [2.05, 4.69) is 33.1 Å². The lowest BCUT2D eigenvalue weighted by Gasteiger charge is -2.36. The number of hydrogen-bond acceptors (Lipinski definition) is 6. The monoisotopic (exact) mass is 348 g/mol. The van der Waals surface area contributed by atoms with Gasteiger partial charge >= 0.3 is 0 Å². The molecule has 0 bridgehead atoms. The van der Waals surface area contributed by atoms with Crippen molar-refractivity contribution in [1.29, 1.82) is 0 Å². The van der Waals surface area contributed by atoms with Crippen LogP contribution in [0.1, 0.15) is 17.2 Å². The Morgan fingerprint density at radius 2 is 1.75 bits per heavy atom. The Morgan fingerprint density at radius 3 is 2.33 bits per heavy atom. The molecule has 0 radical (unpaired) electrons. The molecule has 1 aliphatic rings. The van der Waals surface area contributed by atoms with E-state index in [1.807, 2.05) is 6.07 Å². The van der Waals surface area contributed by atoms with Gasteiger partial charge in [-0.15, -0.1) is 0 Å². The summed E-state index contributed by atoms with van der Waals surface area (Å²) in [6, 6.07) is 6.38. The highest BCUT2D eigenvalue weighted by Gasteiger charge is 2.29. The van der Waals surface area contributed by atoms with Crippen molar-refractivity contribution in [3.05, 3.63) is 40.1 Å². The van der Waals surface area contributed by atoms with Crippen LogP contribution in [0.3, 0.4) is 0 Å². The first-order chi connectivity index (χ1) is 11.8. The fourth-order valence-electron chi connectivity index (χ4n) is 3.30. The van der Waals surface area contributed by atoms with E-state index in [9.17, 15) is 0 Å². The van der Waals surface area contributed by atoms with Gasteiger partial charge in [0.2, 0.25) is 5.75 Å². The molecule has 0 amide bonds. The Labute approximate surface area is 147 Å². The first-order valence-corrected chi connectivity index (χ1v) is 9.00. The summed E-state index contributed by atoms with van der Waals surface area (Å²) >= 11 is 1.72. The van der Waals surface area contributed by atoms with Gasteiger partial charge in [-0.25, -0.2) is 0 Å². The quantitative estimate of drug-likeness (QED) is 0.869. The van der Waals surface area contributed by atoms with E-state index in [1.54, 1.807) is 32.7 Å². The molecule has 1 saturated heterocycles. The minimum Gasteiger partial charge on any atom is -0.493 e. The van der Waals surface area contributed by atoms with E-state index in [0.717, 1.165) is 37.5 Å². The Kier molecular flexibility index (Phi) is 5.60. The predicted octanol–water partition coefficient (Wildman–Crippen LogP) is 2.77. The second-order valence-corrected chi connectivity index (χ2v) is 6.45. The maximum Gasteiger partial charge on any atom is 0.203 e. The maximum absolute atomic E-state index is 5.74. The molecule has 1 N–H and O–H groups in total. The molecule has 0 aliphatic carbocycles. The van der Waals surface area contributed by atoms with E-state index < -0.39 is 0 Å². The van der Waals surface area contributed by atoms with Crippen LogP contribution < -0.4 is 19.5 Å². The van der Waals surface area contributed by atoms with Crippen molar-refractivity contribution in [2.24, 2.45) is 0 Å². The van der Waals surface area contributed by atoms with Gasteiger partial charge in [-0.1, -0.05) is 0 Å². The number of ether oxygens (including phenoxy) is 3. The largest absolute Gasteiger partial charge is 0.493 e. The minimum absolute atomic E-state index is 0.146. The summed E-state index contributed by atoms with van der Waals surface area (Å²) in [5, 5.41) is 7.75. The average molecular weight is 348 g/mol. The van der Waals surface area contributed by atoms with Crippen LogP contribution in [0.25, 0.3) is 0 Å². The lowest BCUT2D eigenvalue weighted by atomic mass is 9.97. The molecule has 6 heteroatoms. The van der Waals surface area contributed by atoms with Gasteiger partial charge in [0, 0.05) is 31.7 Å². The molecule has 1 fully saturated rings. The summed E-state index contributed by atoms with van der Waals surface area (Å²) in [6.45, 7) is 3.99. The van der Waals surface area contributed by atoms with Gasteiger partial charge in [-0.3, -0.25) is 4.90 Å². The van der Waals surface area contributed by atoms with Crippen LogP contribution in [-0.2, 0) is 0 Å². The van der Waals surface area contributed by atoms with Crippen molar-refractivity contribution in [3.63, 3.8) is 0 Å². The molecule has 0 saturated carbocycles. The van der Waals surface area contributed by atoms with Crippen LogP contribution in [0, 0.1) is 0 Å². The zero-order valence-corrected chi connectivity index (χ0v) is 15.2. The predicted molar refractivity (Wildman–Crippen MR) is 96.7 cm³/mol. The van der Waals surface area contributed by atoms with Crippen LogP contribution in [0.2, 0.25) is 0 Å².